The van der Waals surface area contributed by atoms with Gasteiger partial charge in [0.05, 0.1) is 6.07 Å². The van der Waals surface area contributed by atoms with Crippen molar-refractivity contribution in [3.8, 4) is 6.07 Å². The van der Waals surface area contributed by atoms with Crippen LogP contribution in [0.3, 0.4) is 0 Å². The van der Waals surface area contributed by atoms with E-state index in [-0.39, 0.29) is 4.75 Å². The van der Waals surface area contributed by atoms with Crippen molar-refractivity contribution in [2.24, 2.45) is 0 Å². The average molecular weight is 141 g/mol. The zero-order valence-electron chi connectivity index (χ0n) is 5.43. The van der Waals surface area contributed by atoms with E-state index in [1.54, 1.807) is 0 Å². The Balaban J connectivity index is 2.43. The summed E-state index contributed by atoms with van der Waals surface area (Å²) in [5.74, 6) is 0. The van der Waals surface area contributed by atoms with Gasteiger partial charge in [0.1, 0.15) is 0 Å². The molecule has 0 radical (unpaired) electrons. The Morgan fingerprint density at radius 1 is 1.44 bits per heavy atom. The van der Waals surface area contributed by atoms with Crippen LogP contribution in [0.15, 0.2) is 0 Å². The third kappa shape index (κ3) is 1.62. The highest BCUT2D eigenvalue weighted by molar-refractivity contribution is 7.81. The summed E-state index contributed by atoms with van der Waals surface area (Å²) in [7, 11) is 0. The van der Waals surface area contributed by atoms with Crippen LogP contribution in [-0.2, 0) is 0 Å². The van der Waals surface area contributed by atoms with Gasteiger partial charge in [-0.2, -0.15) is 17.9 Å². The maximum atomic E-state index is 8.39. The normalized spacial score (nSPS) is 23.6. The molecule has 1 aliphatic rings. The zero-order valence-corrected chi connectivity index (χ0v) is 6.32. The van der Waals surface area contributed by atoms with Crippen LogP contribution in [0.4, 0.5) is 0 Å². The second kappa shape index (κ2) is 2.62. The second-order valence-corrected chi connectivity index (χ2v) is 3.72. The van der Waals surface area contributed by atoms with Gasteiger partial charge < -0.3 is 0 Å². The first-order valence-corrected chi connectivity index (χ1v) is 3.81. The van der Waals surface area contributed by atoms with Gasteiger partial charge in [-0.1, -0.05) is 12.8 Å². The molecule has 9 heavy (non-hydrogen) atoms. The summed E-state index contributed by atoms with van der Waals surface area (Å²) in [4.78, 5) is 0. The van der Waals surface area contributed by atoms with Crippen molar-refractivity contribution in [2.45, 2.75) is 36.9 Å². The Labute approximate surface area is 61.5 Å². The summed E-state index contributed by atoms with van der Waals surface area (Å²) in [6.07, 6.45) is 5.39. The molecule has 1 nitrogen and oxygen atoms in total. The summed E-state index contributed by atoms with van der Waals surface area (Å²) >= 11 is 4.44. The Morgan fingerprint density at radius 3 is 2.44 bits per heavy atom. The number of nitrogens with zero attached hydrogens (tertiary/aromatic N) is 1. The van der Waals surface area contributed by atoms with E-state index in [0.717, 1.165) is 12.8 Å². The summed E-state index contributed by atoms with van der Waals surface area (Å²) in [5.41, 5.74) is 0. The molecule has 0 aromatic carbocycles. The van der Waals surface area contributed by atoms with Crippen LogP contribution in [0.5, 0.6) is 0 Å². The molecule has 0 amide bonds. The molecule has 2 heteroatoms. The van der Waals surface area contributed by atoms with E-state index in [1.807, 2.05) is 0 Å². The van der Waals surface area contributed by atoms with E-state index < -0.39 is 0 Å². The Morgan fingerprint density at radius 2 is 2.00 bits per heavy atom. The number of thiol groups is 1. The number of nitriles is 1. The minimum Gasteiger partial charge on any atom is -0.198 e. The SMILES string of the molecule is N#CCC1(S)CCCC1. The predicted molar refractivity (Wildman–Crippen MR) is 40.4 cm³/mol. The predicted octanol–water partition coefficient (Wildman–Crippen LogP) is 2.14. The van der Waals surface area contributed by atoms with E-state index in [2.05, 4.69) is 18.7 Å². The lowest BCUT2D eigenvalue weighted by Gasteiger charge is -2.16. The van der Waals surface area contributed by atoms with Gasteiger partial charge >= 0.3 is 0 Å². The first-order chi connectivity index (χ1) is 4.27. The first-order valence-electron chi connectivity index (χ1n) is 3.36. The molecular weight excluding hydrogens is 130 g/mol. The lowest BCUT2D eigenvalue weighted by Crippen LogP contribution is -2.14. The number of hydrogen-bond donors (Lipinski definition) is 1. The molecular formula is C7H11NS. The minimum absolute atomic E-state index is 0.0781. The maximum Gasteiger partial charge on any atom is 0.0636 e. The molecule has 0 bridgehead atoms. The molecule has 0 saturated heterocycles. The zero-order chi connectivity index (χ0) is 6.74. The molecule has 1 rings (SSSR count). The summed E-state index contributed by atoms with van der Waals surface area (Å²) in [6.45, 7) is 0. The Bertz CT molecular complexity index is 130. The van der Waals surface area contributed by atoms with Gasteiger partial charge in [-0.15, -0.1) is 0 Å². The monoisotopic (exact) mass is 141 g/mol. The van der Waals surface area contributed by atoms with Crippen molar-refractivity contribution < 1.29 is 0 Å². The van der Waals surface area contributed by atoms with Crippen molar-refractivity contribution in [1.29, 1.82) is 5.26 Å². The molecule has 0 aliphatic heterocycles. The van der Waals surface area contributed by atoms with E-state index in [9.17, 15) is 0 Å². The van der Waals surface area contributed by atoms with Gasteiger partial charge in [-0.3, -0.25) is 0 Å². The van der Waals surface area contributed by atoms with Gasteiger partial charge in [-0.05, 0) is 12.8 Å². The summed E-state index contributed by atoms with van der Waals surface area (Å²) in [6, 6.07) is 2.17. The van der Waals surface area contributed by atoms with Gasteiger partial charge in [0.15, 0.2) is 0 Å². The summed E-state index contributed by atoms with van der Waals surface area (Å²) < 4.78 is 0.0781. The quantitative estimate of drug-likeness (QED) is 0.556. The fourth-order valence-electron chi connectivity index (χ4n) is 1.36. The van der Waals surface area contributed by atoms with E-state index >= 15 is 0 Å². The van der Waals surface area contributed by atoms with Crippen LogP contribution in [0.1, 0.15) is 32.1 Å². The molecule has 0 unspecified atom stereocenters. The van der Waals surface area contributed by atoms with Crippen molar-refractivity contribution in [3.63, 3.8) is 0 Å². The van der Waals surface area contributed by atoms with Crippen LogP contribution in [0.25, 0.3) is 0 Å². The maximum absolute atomic E-state index is 8.39. The van der Waals surface area contributed by atoms with Crippen molar-refractivity contribution in [1.82, 2.24) is 0 Å². The minimum atomic E-state index is 0.0781. The van der Waals surface area contributed by atoms with Gasteiger partial charge in [0.25, 0.3) is 0 Å². The van der Waals surface area contributed by atoms with Crippen molar-refractivity contribution in [3.05, 3.63) is 0 Å². The third-order valence-electron chi connectivity index (χ3n) is 1.94. The highest BCUT2D eigenvalue weighted by Gasteiger charge is 2.28. The molecule has 1 saturated carbocycles. The van der Waals surface area contributed by atoms with E-state index in [1.165, 1.54) is 12.8 Å². The van der Waals surface area contributed by atoms with Crippen LogP contribution in [0.2, 0.25) is 0 Å². The molecule has 0 aromatic rings. The van der Waals surface area contributed by atoms with Gasteiger partial charge in [0, 0.05) is 11.2 Å². The average Bonchev–Trinajstić information content (AvgIpc) is 2.16. The molecule has 0 heterocycles. The van der Waals surface area contributed by atoms with Gasteiger partial charge in [0.2, 0.25) is 0 Å². The molecule has 1 aliphatic carbocycles. The van der Waals surface area contributed by atoms with Crippen LogP contribution < -0.4 is 0 Å². The topological polar surface area (TPSA) is 23.8 Å². The van der Waals surface area contributed by atoms with Crippen LogP contribution in [0, 0.1) is 11.3 Å². The fraction of sp³-hybridized carbons (Fsp3) is 0.857. The molecule has 1 fully saturated rings. The molecule has 50 valence electrons. The third-order valence-corrected chi connectivity index (χ3v) is 2.55. The molecule has 0 spiro atoms. The van der Waals surface area contributed by atoms with Crippen LogP contribution in [-0.4, -0.2) is 4.75 Å². The van der Waals surface area contributed by atoms with Crippen molar-refractivity contribution >= 4 is 12.6 Å². The van der Waals surface area contributed by atoms with Gasteiger partial charge in [-0.25, -0.2) is 0 Å². The smallest absolute Gasteiger partial charge is 0.0636 e. The van der Waals surface area contributed by atoms with E-state index in [4.69, 9.17) is 5.26 Å². The Kier molecular flexibility index (Phi) is 2.02. The van der Waals surface area contributed by atoms with Crippen LogP contribution >= 0.6 is 12.6 Å². The highest BCUT2D eigenvalue weighted by Crippen LogP contribution is 2.37. The fourth-order valence-corrected chi connectivity index (χ4v) is 1.74. The molecule has 0 atom stereocenters. The molecule has 0 N–H and O–H groups in total. The summed E-state index contributed by atoms with van der Waals surface area (Å²) in [5, 5.41) is 8.39. The largest absolute Gasteiger partial charge is 0.198 e. The van der Waals surface area contributed by atoms with E-state index in [0.29, 0.717) is 6.42 Å². The first kappa shape index (κ1) is 6.95. The number of rotatable bonds is 1. The lowest BCUT2D eigenvalue weighted by atomic mass is 10.0. The second-order valence-electron chi connectivity index (χ2n) is 2.77. The number of hydrogen-bond acceptors (Lipinski definition) is 2. The Hall–Kier alpha value is -0.160. The van der Waals surface area contributed by atoms with Crippen molar-refractivity contribution in [2.75, 3.05) is 0 Å². The standard InChI is InChI=1S/C7H11NS/c8-6-5-7(9)3-1-2-4-7/h9H,1-5H2. The highest BCUT2D eigenvalue weighted by atomic mass is 32.1. The molecule has 0 aromatic heterocycles. The lowest BCUT2D eigenvalue weighted by molar-refractivity contribution is 0.629.